The van der Waals surface area contributed by atoms with Gasteiger partial charge >= 0.3 is 6.18 Å². The van der Waals surface area contributed by atoms with Gasteiger partial charge in [-0.05, 0) is 30.3 Å². The highest BCUT2D eigenvalue weighted by Gasteiger charge is 2.35. The Morgan fingerprint density at radius 1 is 1.03 bits per heavy atom. The number of aromatic nitrogens is 3. The van der Waals surface area contributed by atoms with Crippen molar-refractivity contribution < 1.29 is 27.9 Å². The maximum atomic E-state index is 13.3. The number of piperazine rings is 1. The number of aliphatic hydroxyl groups is 1. The van der Waals surface area contributed by atoms with Crippen LogP contribution in [-0.2, 0) is 11.0 Å². The third kappa shape index (κ3) is 4.44. The van der Waals surface area contributed by atoms with Gasteiger partial charge < -0.3 is 24.9 Å². The van der Waals surface area contributed by atoms with E-state index in [1.165, 1.54) is 30.5 Å². The van der Waals surface area contributed by atoms with Gasteiger partial charge in [0.2, 0.25) is 5.91 Å². The summed E-state index contributed by atoms with van der Waals surface area (Å²) in [5, 5.41) is 9.04. The summed E-state index contributed by atoms with van der Waals surface area (Å²) in [7, 11) is 0. The number of ketones is 1. The molecule has 0 aliphatic carbocycles. The van der Waals surface area contributed by atoms with Crippen LogP contribution in [0, 0.1) is 0 Å². The van der Waals surface area contributed by atoms with Gasteiger partial charge in [0.15, 0.2) is 11.6 Å². The highest BCUT2D eigenvalue weighted by atomic mass is 19.4. The Kier molecular flexibility index (Phi) is 6.00. The first-order valence-electron chi connectivity index (χ1n) is 11.3. The number of aromatic amines is 2. The fraction of sp³-hybridized carbons (Fsp3) is 0.240. The number of imidazole rings is 1. The van der Waals surface area contributed by atoms with Crippen molar-refractivity contribution in [3.63, 3.8) is 0 Å². The standard InChI is InChI=1S/C25H22F3N5O3/c26-25(27,28)18-4-2-1-3-17(18)23(36)15-11-21(29-13-15)24-30-19-6-5-16(12-20(19)31-24)32-7-9-33(10-8-32)22(35)14-34/h1-6,11-13,29,34H,7-10,14H2,(H,30,31). The van der Waals surface area contributed by atoms with Gasteiger partial charge in [0.1, 0.15) is 6.61 Å². The van der Waals surface area contributed by atoms with Crippen molar-refractivity contribution in [2.24, 2.45) is 0 Å². The van der Waals surface area contributed by atoms with Gasteiger partial charge in [0.25, 0.3) is 0 Å². The maximum Gasteiger partial charge on any atom is 0.417 e. The van der Waals surface area contributed by atoms with Gasteiger partial charge in [-0.1, -0.05) is 18.2 Å². The number of halogens is 3. The highest BCUT2D eigenvalue weighted by Crippen LogP contribution is 2.33. The summed E-state index contributed by atoms with van der Waals surface area (Å²) in [6.07, 6.45) is -3.26. The number of anilines is 1. The number of benzene rings is 2. The highest BCUT2D eigenvalue weighted by molar-refractivity contribution is 6.10. The molecular weight excluding hydrogens is 475 g/mol. The summed E-state index contributed by atoms with van der Waals surface area (Å²) < 4.78 is 40.0. The van der Waals surface area contributed by atoms with Crippen molar-refractivity contribution in [3.8, 4) is 11.5 Å². The second-order valence-electron chi connectivity index (χ2n) is 8.49. The fourth-order valence-electron chi connectivity index (χ4n) is 4.38. The summed E-state index contributed by atoms with van der Waals surface area (Å²) in [5.74, 6) is -0.569. The van der Waals surface area contributed by atoms with Crippen LogP contribution in [0.1, 0.15) is 21.5 Å². The number of nitrogens with zero attached hydrogens (tertiary/aromatic N) is 3. The molecule has 0 bridgehead atoms. The van der Waals surface area contributed by atoms with E-state index in [1.54, 1.807) is 4.90 Å². The molecule has 0 atom stereocenters. The lowest BCUT2D eigenvalue weighted by Gasteiger charge is -2.35. The average molecular weight is 497 g/mol. The Morgan fingerprint density at radius 3 is 2.50 bits per heavy atom. The minimum Gasteiger partial charge on any atom is -0.387 e. The number of amides is 1. The molecule has 186 valence electrons. The third-order valence-corrected chi connectivity index (χ3v) is 6.28. The number of alkyl halides is 3. The average Bonchev–Trinajstić information content (AvgIpc) is 3.54. The van der Waals surface area contributed by atoms with Gasteiger partial charge in [0, 0.05) is 49.2 Å². The Labute approximate surface area is 203 Å². The molecule has 2 aromatic heterocycles. The minimum atomic E-state index is -4.64. The molecule has 1 aliphatic heterocycles. The van der Waals surface area contributed by atoms with E-state index in [0.717, 1.165) is 17.3 Å². The number of aliphatic hydroxyl groups excluding tert-OH is 1. The second-order valence-corrected chi connectivity index (χ2v) is 8.49. The molecule has 11 heteroatoms. The van der Waals surface area contributed by atoms with Crippen LogP contribution in [-0.4, -0.2) is 69.4 Å². The van der Waals surface area contributed by atoms with Crippen LogP contribution in [0.3, 0.4) is 0 Å². The molecule has 0 unspecified atom stereocenters. The summed E-state index contributed by atoms with van der Waals surface area (Å²) in [6.45, 7) is 1.79. The molecule has 1 amide bonds. The van der Waals surface area contributed by atoms with E-state index in [9.17, 15) is 22.8 Å². The van der Waals surface area contributed by atoms with Crippen molar-refractivity contribution in [2.45, 2.75) is 6.18 Å². The van der Waals surface area contributed by atoms with E-state index in [-0.39, 0.29) is 11.5 Å². The van der Waals surface area contributed by atoms with Crippen LogP contribution in [0.15, 0.2) is 54.7 Å². The van der Waals surface area contributed by atoms with Crippen LogP contribution >= 0.6 is 0 Å². The van der Waals surface area contributed by atoms with Crippen molar-refractivity contribution in [1.82, 2.24) is 19.9 Å². The zero-order chi connectivity index (χ0) is 25.4. The Morgan fingerprint density at radius 2 is 1.78 bits per heavy atom. The Bertz CT molecular complexity index is 1430. The van der Waals surface area contributed by atoms with Gasteiger partial charge in [-0.3, -0.25) is 9.59 Å². The molecule has 4 aromatic rings. The number of carbonyl (C=O) groups is 2. The zero-order valence-electron chi connectivity index (χ0n) is 19.0. The molecule has 0 radical (unpaired) electrons. The molecule has 8 nitrogen and oxygen atoms in total. The second kappa shape index (κ2) is 9.15. The van der Waals surface area contributed by atoms with E-state index in [0.29, 0.717) is 43.2 Å². The first-order chi connectivity index (χ1) is 17.2. The molecule has 5 rings (SSSR count). The SMILES string of the molecule is O=C(c1c[nH]c(-c2nc3ccc(N4CCN(C(=O)CO)CC4)cc3[nH]2)c1)c1ccccc1C(F)(F)F. The third-order valence-electron chi connectivity index (χ3n) is 6.28. The van der Waals surface area contributed by atoms with E-state index in [2.05, 4.69) is 19.9 Å². The molecule has 0 saturated carbocycles. The molecule has 36 heavy (non-hydrogen) atoms. The van der Waals surface area contributed by atoms with Crippen molar-refractivity contribution in [3.05, 3.63) is 71.4 Å². The molecule has 1 aliphatic rings. The van der Waals surface area contributed by atoms with Crippen LogP contribution < -0.4 is 4.90 Å². The van der Waals surface area contributed by atoms with Crippen LogP contribution in [0.4, 0.5) is 18.9 Å². The minimum absolute atomic E-state index is 0.0955. The normalized spacial score (nSPS) is 14.4. The summed E-state index contributed by atoms with van der Waals surface area (Å²) in [5.41, 5.74) is 1.56. The lowest BCUT2D eigenvalue weighted by atomic mass is 9.99. The summed E-state index contributed by atoms with van der Waals surface area (Å²) in [6, 6.07) is 11.9. The molecule has 1 fully saturated rings. The number of H-pyrrole nitrogens is 2. The Balaban J connectivity index is 1.36. The van der Waals surface area contributed by atoms with Crippen molar-refractivity contribution >= 4 is 28.4 Å². The van der Waals surface area contributed by atoms with Crippen molar-refractivity contribution in [2.75, 3.05) is 37.7 Å². The predicted octanol–water partition coefficient (Wildman–Crippen LogP) is 3.45. The van der Waals surface area contributed by atoms with Crippen LogP contribution in [0.2, 0.25) is 0 Å². The first-order valence-corrected chi connectivity index (χ1v) is 11.3. The lowest BCUT2D eigenvalue weighted by Crippen LogP contribution is -2.49. The molecule has 3 heterocycles. The largest absolute Gasteiger partial charge is 0.417 e. The fourth-order valence-corrected chi connectivity index (χ4v) is 4.38. The zero-order valence-corrected chi connectivity index (χ0v) is 19.0. The van der Waals surface area contributed by atoms with Gasteiger partial charge in [-0.15, -0.1) is 0 Å². The summed E-state index contributed by atoms with van der Waals surface area (Å²) >= 11 is 0. The van der Waals surface area contributed by atoms with Crippen LogP contribution in [0.5, 0.6) is 0 Å². The molecular formula is C25H22F3N5O3. The van der Waals surface area contributed by atoms with Gasteiger partial charge in [-0.2, -0.15) is 13.2 Å². The number of hydrogen-bond donors (Lipinski definition) is 3. The smallest absolute Gasteiger partial charge is 0.387 e. The number of carbonyl (C=O) groups excluding carboxylic acids is 2. The topological polar surface area (TPSA) is 105 Å². The number of nitrogens with one attached hydrogen (secondary N) is 2. The first kappa shape index (κ1) is 23.6. The van der Waals surface area contributed by atoms with E-state index >= 15 is 0 Å². The number of fused-ring (bicyclic) bond motifs is 1. The van der Waals surface area contributed by atoms with E-state index in [1.807, 2.05) is 18.2 Å². The molecule has 0 spiro atoms. The van der Waals surface area contributed by atoms with Gasteiger partial charge in [0.05, 0.1) is 22.3 Å². The maximum absolute atomic E-state index is 13.3. The van der Waals surface area contributed by atoms with E-state index < -0.39 is 29.7 Å². The summed E-state index contributed by atoms with van der Waals surface area (Å²) in [4.78, 5) is 38.9. The monoisotopic (exact) mass is 497 g/mol. The molecule has 2 aromatic carbocycles. The van der Waals surface area contributed by atoms with Crippen LogP contribution in [0.25, 0.3) is 22.6 Å². The Hall–Kier alpha value is -4.12. The van der Waals surface area contributed by atoms with E-state index in [4.69, 9.17) is 5.11 Å². The molecule has 1 saturated heterocycles. The van der Waals surface area contributed by atoms with Crippen molar-refractivity contribution in [1.29, 1.82) is 0 Å². The van der Waals surface area contributed by atoms with Gasteiger partial charge in [-0.25, -0.2) is 4.98 Å². The quantitative estimate of drug-likeness (QED) is 0.367. The number of rotatable bonds is 5. The molecule has 3 N–H and O–H groups in total. The predicted molar refractivity (Wildman–Crippen MR) is 127 cm³/mol. The lowest BCUT2D eigenvalue weighted by molar-refractivity contribution is -0.138. The number of hydrogen-bond acceptors (Lipinski definition) is 5.